The van der Waals surface area contributed by atoms with E-state index in [0.717, 1.165) is 33.8 Å². The zero-order valence-corrected chi connectivity index (χ0v) is 17.5. The molecule has 5 heteroatoms. The van der Waals surface area contributed by atoms with Crippen molar-refractivity contribution in [1.29, 1.82) is 0 Å². The van der Waals surface area contributed by atoms with Crippen LogP contribution in [0.4, 0.5) is 0 Å². The lowest BCUT2D eigenvalue weighted by molar-refractivity contribution is 0.0694. The summed E-state index contributed by atoms with van der Waals surface area (Å²) >= 11 is 0. The highest BCUT2D eigenvalue weighted by atomic mass is 16.5. The number of nitrogens with zero attached hydrogens (tertiary/aromatic N) is 1. The molecule has 0 atom stereocenters. The van der Waals surface area contributed by atoms with Crippen LogP contribution in [0.2, 0.25) is 0 Å². The fourth-order valence-corrected chi connectivity index (χ4v) is 3.64. The average Bonchev–Trinajstić information content (AvgIpc) is 2.94. The van der Waals surface area contributed by atoms with Gasteiger partial charge in [-0.05, 0) is 44.0 Å². The van der Waals surface area contributed by atoms with Crippen molar-refractivity contribution in [1.82, 2.24) is 9.88 Å². The van der Waals surface area contributed by atoms with Crippen LogP contribution in [0.25, 0.3) is 0 Å². The molecule has 0 saturated heterocycles. The Kier molecular flexibility index (Phi) is 6.39. The van der Waals surface area contributed by atoms with Gasteiger partial charge in [-0.15, -0.1) is 0 Å². The Hall–Kier alpha value is -3.05. The molecule has 0 unspecified atom stereocenters. The number of carboxylic acid groups (broad SMARTS) is 1. The van der Waals surface area contributed by atoms with Crippen LogP contribution in [0.5, 0.6) is 5.75 Å². The molecular formula is C24H28N2O3. The molecular weight excluding hydrogens is 364 g/mol. The van der Waals surface area contributed by atoms with Gasteiger partial charge >= 0.3 is 5.97 Å². The van der Waals surface area contributed by atoms with Crippen molar-refractivity contribution in [2.75, 3.05) is 7.11 Å². The van der Waals surface area contributed by atoms with E-state index >= 15 is 0 Å². The van der Waals surface area contributed by atoms with Gasteiger partial charge in [0.25, 0.3) is 0 Å². The largest absolute Gasteiger partial charge is 0.497 e. The van der Waals surface area contributed by atoms with Crippen molar-refractivity contribution in [2.24, 2.45) is 0 Å². The molecule has 5 nitrogen and oxygen atoms in total. The van der Waals surface area contributed by atoms with Gasteiger partial charge in [0, 0.05) is 36.6 Å². The van der Waals surface area contributed by atoms with E-state index in [1.54, 1.807) is 7.11 Å². The summed E-state index contributed by atoms with van der Waals surface area (Å²) in [6.07, 6.45) is 0. The summed E-state index contributed by atoms with van der Waals surface area (Å²) in [5.41, 5.74) is 6.51. The number of nitrogens with one attached hydrogen (secondary N) is 1. The van der Waals surface area contributed by atoms with Gasteiger partial charge < -0.3 is 19.7 Å². The summed E-state index contributed by atoms with van der Waals surface area (Å²) in [7, 11) is 1.65. The molecule has 0 aliphatic heterocycles. The third-order valence-corrected chi connectivity index (χ3v) is 5.38. The number of carbonyl (C=O) groups is 1. The molecule has 3 aromatic rings. The molecule has 0 aliphatic carbocycles. The number of rotatable bonds is 8. The standard InChI is InChI=1S/C24H28N2O3/c1-16-5-7-20(8-6-16)15-26-17(2)22(23(18(26)3)24(27)28)14-25-13-19-9-11-21(29-4)12-10-19/h5-12,25H,13-15H2,1-4H3,(H,27,28). The predicted octanol–water partition coefficient (Wildman–Crippen LogP) is 4.46. The maximum absolute atomic E-state index is 12.0. The molecule has 29 heavy (non-hydrogen) atoms. The lowest BCUT2D eigenvalue weighted by Gasteiger charge is -2.11. The Morgan fingerprint density at radius 1 is 0.931 bits per heavy atom. The third kappa shape index (κ3) is 4.69. The van der Waals surface area contributed by atoms with Gasteiger partial charge in [0.1, 0.15) is 5.75 Å². The zero-order chi connectivity index (χ0) is 21.0. The van der Waals surface area contributed by atoms with Crippen LogP contribution in [0.1, 0.15) is 44.0 Å². The normalized spacial score (nSPS) is 10.9. The topological polar surface area (TPSA) is 63.5 Å². The molecule has 0 fully saturated rings. The first-order chi connectivity index (χ1) is 13.9. The second-order valence-corrected chi connectivity index (χ2v) is 7.35. The molecule has 0 spiro atoms. The van der Waals surface area contributed by atoms with Gasteiger partial charge in [-0.3, -0.25) is 0 Å². The van der Waals surface area contributed by atoms with Gasteiger partial charge in [-0.2, -0.15) is 0 Å². The first kappa shape index (κ1) is 20.7. The van der Waals surface area contributed by atoms with E-state index in [2.05, 4.69) is 41.1 Å². The Labute approximate surface area is 172 Å². The Bertz CT molecular complexity index is 986. The minimum atomic E-state index is -0.880. The second-order valence-electron chi connectivity index (χ2n) is 7.35. The molecule has 0 saturated carbocycles. The number of aryl methyl sites for hydroxylation is 1. The summed E-state index contributed by atoms with van der Waals surface area (Å²) < 4.78 is 7.28. The van der Waals surface area contributed by atoms with Crippen LogP contribution in [0.15, 0.2) is 48.5 Å². The highest BCUT2D eigenvalue weighted by Crippen LogP contribution is 2.24. The van der Waals surface area contributed by atoms with Crippen LogP contribution in [0.3, 0.4) is 0 Å². The molecule has 1 aromatic heterocycles. The summed E-state index contributed by atoms with van der Waals surface area (Å²) in [4.78, 5) is 12.0. The Morgan fingerprint density at radius 3 is 2.14 bits per heavy atom. The van der Waals surface area contributed by atoms with E-state index in [4.69, 9.17) is 4.74 Å². The predicted molar refractivity (Wildman–Crippen MR) is 115 cm³/mol. The summed E-state index contributed by atoms with van der Waals surface area (Å²) in [6, 6.07) is 16.2. The molecule has 2 N–H and O–H groups in total. The van der Waals surface area contributed by atoms with Gasteiger partial charge in [-0.1, -0.05) is 42.0 Å². The molecule has 1 heterocycles. The quantitative estimate of drug-likeness (QED) is 0.594. The molecule has 0 aliphatic rings. The lowest BCUT2D eigenvalue weighted by atomic mass is 10.1. The monoisotopic (exact) mass is 392 g/mol. The van der Waals surface area contributed by atoms with Crippen molar-refractivity contribution >= 4 is 5.97 Å². The second kappa shape index (κ2) is 8.97. The van der Waals surface area contributed by atoms with Gasteiger partial charge in [0.15, 0.2) is 0 Å². The number of aromatic nitrogens is 1. The van der Waals surface area contributed by atoms with Crippen molar-refractivity contribution in [3.63, 3.8) is 0 Å². The van der Waals surface area contributed by atoms with Crippen molar-refractivity contribution < 1.29 is 14.6 Å². The molecule has 2 aromatic carbocycles. The van der Waals surface area contributed by atoms with Crippen molar-refractivity contribution in [3.05, 3.63) is 87.7 Å². The van der Waals surface area contributed by atoms with E-state index in [0.29, 0.717) is 25.2 Å². The van der Waals surface area contributed by atoms with E-state index in [-0.39, 0.29) is 0 Å². The number of carboxylic acids is 1. The Balaban J connectivity index is 1.79. The SMILES string of the molecule is COc1ccc(CNCc2c(C(=O)O)c(C)n(Cc3ccc(C)cc3)c2C)cc1. The van der Waals surface area contributed by atoms with Gasteiger partial charge in [0.2, 0.25) is 0 Å². The molecule has 0 radical (unpaired) electrons. The summed E-state index contributed by atoms with van der Waals surface area (Å²) in [5, 5.41) is 13.2. The fourth-order valence-electron chi connectivity index (χ4n) is 3.64. The van der Waals surface area contributed by atoms with Crippen LogP contribution in [-0.2, 0) is 19.6 Å². The van der Waals surface area contributed by atoms with Crippen LogP contribution >= 0.6 is 0 Å². The molecule has 3 rings (SSSR count). The minimum absolute atomic E-state index is 0.400. The number of hydrogen-bond acceptors (Lipinski definition) is 3. The average molecular weight is 392 g/mol. The lowest BCUT2D eigenvalue weighted by Crippen LogP contribution is -2.15. The highest BCUT2D eigenvalue weighted by molar-refractivity contribution is 5.91. The Morgan fingerprint density at radius 2 is 1.55 bits per heavy atom. The smallest absolute Gasteiger partial charge is 0.337 e. The molecule has 152 valence electrons. The van der Waals surface area contributed by atoms with Crippen LogP contribution in [-0.4, -0.2) is 22.8 Å². The van der Waals surface area contributed by atoms with Crippen molar-refractivity contribution in [3.8, 4) is 5.75 Å². The number of aromatic carboxylic acids is 1. The molecule has 0 bridgehead atoms. The molecule has 0 amide bonds. The van der Waals surface area contributed by atoms with Crippen LogP contribution in [0, 0.1) is 20.8 Å². The van der Waals surface area contributed by atoms with E-state index in [1.807, 2.05) is 38.1 Å². The highest BCUT2D eigenvalue weighted by Gasteiger charge is 2.22. The maximum atomic E-state index is 12.0. The minimum Gasteiger partial charge on any atom is -0.497 e. The summed E-state index contributed by atoms with van der Waals surface area (Å²) in [5.74, 6) is -0.0592. The number of methoxy groups -OCH3 is 1. The van der Waals surface area contributed by atoms with Gasteiger partial charge in [-0.25, -0.2) is 4.79 Å². The zero-order valence-electron chi connectivity index (χ0n) is 17.5. The first-order valence-corrected chi connectivity index (χ1v) is 9.71. The van der Waals surface area contributed by atoms with E-state index in [9.17, 15) is 9.90 Å². The fraction of sp³-hybridized carbons (Fsp3) is 0.292. The van der Waals surface area contributed by atoms with E-state index in [1.165, 1.54) is 5.56 Å². The van der Waals surface area contributed by atoms with Gasteiger partial charge in [0.05, 0.1) is 12.7 Å². The third-order valence-electron chi connectivity index (χ3n) is 5.38. The number of hydrogen-bond donors (Lipinski definition) is 2. The number of ether oxygens (including phenoxy) is 1. The maximum Gasteiger partial charge on any atom is 0.337 e. The van der Waals surface area contributed by atoms with Crippen molar-refractivity contribution in [2.45, 2.75) is 40.4 Å². The number of benzene rings is 2. The summed E-state index contributed by atoms with van der Waals surface area (Å²) in [6.45, 7) is 7.77. The first-order valence-electron chi connectivity index (χ1n) is 9.71. The van der Waals surface area contributed by atoms with Crippen LogP contribution < -0.4 is 10.1 Å². The van der Waals surface area contributed by atoms with E-state index < -0.39 is 5.97 Å².